The zero-order valence-electron chi connectivity index (χ0n) is 7.70. The molecular weight excluding hydrogens is 152 g/mol. The van der Waals surface area contributed by atoms with Gasteiger partial charge in [0.1, 0.15) is 12.6 Å². The Morgan fingerprint density at radius 1 is 1.25 bits per heavy atom. The van der Waals surface area contributed by atoms with Gasteiger partial charge in [-0.2, -0.15) is 0 Å². The van der Waals surface area contributed by atoms with Crippen LogP contribution in [0.15, 0.2) is 11.6 Å². The van der Waals surface area contributed by atoms with Crippen LogP contribution in [0.5, 0.6) is 0 Å². The van der Waals surface area contributed by atoms with E-state index in [-0.39, 0.29) is 17.3 Å². The van der Waals surface area contributed by atoms with E-state index in [0.717, 1.165) is 18.1 Å². The Hall–Kier alpha value is -0.920. The molecule has 0 aliphatic heterocycles. The van der Waals surface area contributed by atoms with Gasteiger partial charge < -0.3 is 4.79 Å². The van der Waals surface area contributed by atoms with Crippen molar-refractivity contribution in [1.29, 1.82) is 0 Å². The first-order chi connectivity index (χ1) is 5.54. The molecule has 0 heterocycles. The molecule has 2 atom stereocenters. The summed E-state index contributed by atoms with van der Waals surface area (Å²) in [5.74, 6) is 0.368. The van der Waals surface area contributed by atoms with Crippen LogP contribution in [-0.4, -0.2) is 12.6 Å². The predicted octanol–water partition coefficient (Wildman–Crippen LogP) is 1.60. The highest BCUT2D eigenvalue weighted by molar-refractivity contribution is 5.73. The molecule has 12 heavy (non-hydrogen) atoms. The number of hydrogen-bond acceptors (Lipinski definition) is 2. The van der Waals surface area contributed by atoms with E-state index < -0.39 is 0 Å². The fourth-order valence-electron chi connectivity index (χ4n) is 1.62. The van der Waals surface area contributed by atoms with Gasteiger partial charge in [-0.05, 0) is 23.8 Å². The maximum atomic E-state index is 10.5. The van der Waals surface area contributed by atoms with E-state index in [9.17, 15) is 9.59 Å². The lowest BCUT2D eigenvalue weighted by atomic mass is 10.1. The van der Waals surface area contributed by atoms with Crippen molar-refractivity contribution >= 4 is 12.6 Å². The lowest BCUT2D eigenvalue weighted by molar-refractivity contribution is -0.109. The minimum Gasteiger partial charge on any atom is -0.303 e. The summed E-state index contributed by atoms with van der Waals surface area (Å²) in [6, 6.07) is 0. The van der Waals surface area contributed by atoms with Gasteiger partial charge in [-0.1, -0.05) is 19.9 Å². The first-order valence-electron chi connectivity index (χ1n) is 4.13. The number of aldehydes is 2. The Kier molecular flexibility index (Phi) is 2.18. The van der Waals surface area contributed by atoms with Crippen LogP contribution in [0.1, 0.15) is 20.8 Å². The molecule has 2 nitrogen and oxygen atoms in total. The summed E-state index contributed by atoms with van der Waals surface area (Å²) < 4.78 is 0. The highest BCUT2D eigenvalue weighted by Crippen LogP contribution is 2.57. The second kappa shape index (κ2) is 2.85. The molecule has 1 fully saturated rings. The van der Waals surface area contributed by atoms with Crippen molar-refractivity contribution in [2.24, 2.45) is 17.3 Å². The summed E-state index contributed by atoms with van der Waals surface area (Å²) in [5, 5.41) is 0. The first-order valence-corrected chi connectivity index (χ1v) is 4.13. The lowest BCUT2D eigenvalue weighted by Crippen LogP contribution is -1.90. The minimum absolute atomic E-state index is 0.0615. The van der Waals surface area contributed by atoms with Crippen molar-refractivity contribution in [3.8, 4) is 0 Å². The second-order valence-electron chi connectivity index (χ2n) is 4.04. The Balaban J connectivity index is 2.70. The molecule has 2 unspecified atom stereocenters. The number of allylic oxidation sites excluding steroid dienone is 2. The first kappa shape index (κ1) is 9.17. The highest BCUT2D eigenvalue weighted by atomic mass is 16.1. The van der Waals surface area contributed by atoms with Gasteiger partial charge in [0.25, 0.3) is 0 Å². The second-order valence-corrected chi connectivity index (χ2v) is 4.04. The van der Waals surface area contributed by atoms with Crippen LogP contribution in [0.25, 0.3) is 0 Å². The maximum absolute atomic E-state index is 10.5. The maximum Gasteiger partial charge on any atom is 0.145 e. The third-order valence-electron chi connectivity index (χ3n) is 2.77. The van der Waals surface area contributed by atoms with E-state index in [1.54, 1.807) is 6.92 Å². The molecule has 0 aromatic heterocycles. The zero-order valence-corrected chi connectivity index (χ0v) is 7.70. The van der Waals surface area contributed by atoms with Gasteiger partial charge in [-0.3, -0.25) is 4.79 Å². The smallest absolute Gasteiger partial charge is 0.145 e. The van der Waals surface area contributed by atoms with Gasteiger partial charge in [0.2, 0.25) is 0 Å². The molecule has 0 spiro atoms. The third-order valence-corrected chi connectivity index (χ3v) is 2.77. The van der Waals surface area contributed by atoms with Crippen molar-refractivity contribution in [3.63, 3.8) is 0 Å². The molecule has 1 saturated carbocycles. The summed E-state index contributed by atoms with van der Waals surface area (Å²) >= 11 is 0. The van der Waals surface area contributed by atoms with Crippen molar-refractivity contribution in [2.75, 3.05) is 0 Å². The van der Waals surface area contributed by atoms with E-state index in [1.807, 2.05) is 19.9 Å². The van der Waals surface area contributed by atoms with Gasteiger partial charge in [0, 0.05) is 5.92 Å². The minimum atomic E-state index is 0.0615. The molecule has 0 amide bonds. The van der Waals surface area contributed by atoms with Crippen LogP contribution in [0.2, 0.25) is 0 Å². The standard InChI is InChI=1S/C10H14O2/c1-7(5-11)4-8-9(6-12)10(8,2)3/h4-6,8-9H,1-3H3/b7-4+. The van der Waals surface area contributed by atoms with Gasteiger partial charge in [0.05, 0.1) is 0 Å². The monoisotopic (exact) mass is 166 g/mol. The molecule has 1 rings (SSSR count). The number of hydrogen-bond donors (Lipinski definition) is 0. The zero-order chi connectivity index (χ0) is 9.35. The molecule has 0 radical (unpaired) electrons. The van der Waals surface area contributed by atoms with E-state index >= 15 is 0 Å². The van der Waals surface area contributed by atoms with Crippen molar-refractivity contribution in [1.82, 2.24) is 0 Å². The molecule has 0 aromatic carbocycles. The van der Waals surface area contributed by atoms with Crippen LogP contribution in [0.4, 0.5) is 0 Å². The van der Waals surface area contributed by atoms with Gasteiger partial charge in [0.15, 0.2) is 0 Å². The number of rotatable bonds is 3. The van der Waals surface area contributed by atoms with Gasteiger partial charge in [-0.15, -0.1) is 0 Å². The lowest BCUT2D eigenvalue weighted by Gasteiger charge is -1.96. The molecule has 2 heteroatoms. The largest absolute Gasteiger partial charge is 0.303 e. The van der Waals surface area contributed by atoms with Crippen LogP contribution in [0.3, 0.4) is 0 Å². The number of carbonyl (C=O) groups is 2. The third kappa shape index (κ3) is 1.33. The SMILES string of the molecule is C/C(C=O)=C\C1C(C=O)C1(C)C. The fraction of sp³-hybridized carbons (Fsp3) is 0.600. The molecule has 0 saturated heterocycles. The molecule has 1 aliphatic carbocycles. The predicted molar refractivity (Wildman–Crippen MR) is 46.6 cm³/mol. The quantitative estimate of drug-likeness (QED) is 0.471. The Morgan fingerprint density at radius 2 is 1.83 bits per heavy atom. The molecule has 1 aliphatic rings. The Labute approximate surface area is 72.7 Å². The van der Waals surface area contributed by atoms with Gasteiger partial charge >= 0.3 is 0 Å². The molecule has 66 valence electrons. The highest BCUT2D eigenvalue weighted by Gasteiger charge is 2.56. The Bertz CT molecular complexity index is 238. The summed E-state index contributed by atoms with van der Waals surface area (Å²) in [7, 11) is 0. The summed E-state index contributed by atoms with van der Waals surface area (Å²) in [6.07, 6.45) is 3.71. The molecule has 0 bridgehead atoms. The average Bonchev–Trinajstić information content (AvgIpc) is 2.53. The number of carbonyl (C=O) groups excluding carboxylic acids is 2. The Morgan fingerprint density at radius 3 is 2.17 bits per heavy atom. The summed E-state index contributed by atoms with van der Waals surface area (Å²) in [5.41, 5.74) is 0.781. The fourth-order valence-corrected chi connectivity index (χ4v) is 1.62. The van der Waals surface area contributed by atoms with Gasteiger partial charge in [-0.25, -0.2) is 0 Å². The molecular formula is C10H14O2. The van der Waals surface area contributed by atoms with Crippen LogP contribution in [-0.2, 0) is 9.59 Å². The van der Waals surface area contributed by atoms with Crippen molar-refractivity contribution < 1.29 is 9.59 Å². The topological polar surface area (TPSA) is 34.1 Å². The summed E-state index contributed by atoms with van der Waals surface area (Å²) in [4.78, 5) is 20.9. The normalized spacial score (nSPS) is 32.8. The summed E-state index contributed by atoms with van der Waals surface area (Å²) in [6.45, 7) is 5.86. The van der Waals surface area contributed by atoms with E-state index in [2.05, 4.69) is 0 Å². The van der Waals surface area contributed by atoms with Crippen LogP contribution < -0.4 is 0 Å². The van der Waals surface area contributed by atoms with Crippen molar-refractivity contribution in [3.05, 3.63) is 11.6 Å². The molecule has 0 aromatic rings. The van der Waals surface area contributed by atoms with Crippen LogP contribution >= 0.6 is 0 Å². The van der Waals surface area contributed by atoms with Crippen molar-refractivity contribution in [2.45, 2.75) is 20.8 Å². The van der Waals surface area contributed by atoms with E-state index in [0.29, 0.717) is 0 Å². The van der Waals surface area contributed by atoms with Crippen LogP contribution in [0, 0.1) is 17.3 Å². The average molecular weight is 166 g/mol. The van der Waals surface area contributed by atoms with E-state index in [1.165, 1.54) is 0 Å². The van der Waals surface area contributed by atoms with E-state index in [4.69, 9.17) is 0 Å². The molecule has 0 N–H and O–H groups in total.